The molecule has 6 nitrogen and oxygen atoms in total. The van der Waals surface area contributed by atoms with Crippen molar-refractivity contribution < 1.29 is 14.3 Å². The van der Waals surface area contributed by atoms with Crippen molar-refractivity contribution in [1.29, 1.82) is 0 Å². The second kappa shape index (κ2) is 10.5. The molecule has 1 N–H and O–H groups in total. The smallest absolute Gasteiger partial charge is 0.234 e. The van der Waals surface area contributed by atoms with Gasteiger partial charge in [0.25, 0.3) is 0 Å². The van der Waals surface area contributed by atoms with Crippen molar-refractivity contribution in [3.05, 3.63) is 46.2 Å². The van der Waals surface area contributed by atoms with Gasteiger partial charge in [-0.15, -0.1) is 0 Å². The lowest BCUT2D eigenvalue weighted by molar-refractivity contribution is -0.123. The minimum Gasteiger partial charge on any atom is -0.490 e. The Hall–Kier alpha value is -2.09. The number of benzene rings is 1. The number of amides is 1. The zero-order valence-corrected chi connectivity index (χ0v) is 19.3. The van der Waals surface area contributed by atoms with Gasteiger partial charge >= 0.3 is 0 Å². The lowest BCUT2D eigenvalue weighted by Gasteiger charge is -2.34. The monoisotopic (exact) mass is 443 g/mol. The summed E-state index contributed by atoms with van der Waals surface area (Å²) in [4.78, 5) is 17.6. The molecule has 31 heavy (non-hydrogen) atoms. The molecule has 0 bridgehead atoms. The molecule has 168 valence electrons. The van der Waals surface area contributed by atoms with E-state index >= 15 is 0 Å². The summed E-state index contributed by atoms with van der Waals surface area (Å²) in [6.45, 7) is 10.9. The molecule has 1 aromatic heterocycles. The van der Waals surface area contributed by atoms with E-state index in [1.807, 2.05) is 18.2 Å². The van der Waals surface area contributed by atoms with E-state index in [9.17, 15) is 4.79 Å². The molecule has 1 saturated heterocycles. The fraction of sp³-hybridized carbons (Fsp3) is 0.542. The average Bonchev–Trinajstić information content (AvgIpc) is 3.15. The number of nitrogens with one attached hydrogen (secondary N) is 1. The van der Waals surface area contributed by atoms with Gasteiger partial charge in [-0.05, 0) is 46.0 Å². The number of fused-ring (bicyclic) bond motifs is 1. The van der Waals surface area contributed by atoms with Crippen molar-refractivity contribution in [3.8, 4) is 11.5 Å². The van der Waals surface area contributed by atoms with Crippen molar-refractivity contribution in [2.45, 2.75) is 32.9 Å². The van der Waals surface area contributed by atoms with Gasteiger partial charge in [0.15, 0.2) is 11.5 Å². The molecular weight excluding hydrogens is 410 g/mol. The molecule has 2 aliphatic rings. The minimum atomic E-state index is -0.0514. The number of carbonyl (C=O) groups excluding carboxylic acids is 1. The molecule has 4 rings (SSSR count). The highest BCUT2D eigenvalue weighted by Crippen LogP contribution is 2.34. The first-order chi connectivity index (χ1) is 15.1. The van der Waals surface area contributed by atoms with Gasteiger partial charge in [0.05, 0.1) is 25.8 Å². The predicted octanol–water partition coefficient (Wildman–Crippen LogP) is 3.54. The van der Waals surface area contributed by atoms with Gasteiger partial charge in [-0.25, -0.2) is 0 Å². The number of piperazine rings is 1. The number of thiophene rings is 1. The van der Waals surface area contributed by atoms with Crippen LogP contribution in [0.25, 0.3) is 0 Å². The molecule has 1 amide bonds. The van der Waals surface area contributed by atoms with Crippen LogP contribution in [0.1, 0.15) is 37.4 Å². The summed E-state index contributed by atoms with van der Waals surface area (Å²) in [6.07, 6.45) is 0.884. The molecule has 2 aliphatic heterocycles. The first-order valence-corrected chi connectivity index (χ1v) is 12.2. The van der Waals surface area contributed by atoms with Crippen LogP contribution >= 0.6 is 11.3 Å². The molecule has 1 atom stereocenters. The number of ether oxygens (including phenoxy) is 2. The van der Waals surface area contributed by atoms with E-state index in [-0.39, 0.29) is 17.9 Å². The second-order valence-corrected chi connectivity index (χ2v) is 9.51. The van der Waals surface area contributed by atoms with Crippen LogP contribution < -0.4 is 14.8 Å². The normalized spacial score (nSPS) is 18.5. The third-order valence-corrected chi connectivity index (χ3v) is 6.66. The molecular formula is C24H33N3O3S. The molecule has 0 radical (unpaired) electrons. The lowest BCUT2D eigenvalue weighted by Crippen LogP contribution is -2.49. The fourth-order valence-corrected chi connectivity index (χ4v) is 4.84. The first kappa shape index (κ1) is 22.1. The summed E-state index contributed by atoms with van der Waals surface area (Å²) in [7, 11) is 0. The third-order valence-electron chi connectivity index (χ3n) is 5.93. The Bertz CT molecular complexity index is 848. The lowest BCUT2D eigenvalue weighted by atomic mass is 9.95. The Morgan fingerprint density at radius 3 is 2.52 bits per heavy atom. The van der Waals surface area contributed by atoms with Crippen LogP contribution in [0.5, 0.6) is 11.5 Å². The highest BCUT2D eigenvalue weighted by atomic mass is 32.1. The summed E-state index contributed by atoms with van der Waals surface area (Å²) >= 11 is 1.75. The van der Waals surface area contributed by atoms with E-state index < -0.39 is 0 Å². The summed E-state index contributed by atoms with van der Waals surface area (Å²) in [5, 5.41) is 7.60. The maximum absolute atomic E-state index is 12.9. The molecule has 0 aliphatic carbocycles. The number of nitrogens with zero attached hydrogens (tertiary/aromatic N) is 2. The van der Waals surface area contributed by atoms with Crippen molar-refractivity contribution in [1.82, 2.24) is 15.1 Å². The summed E-state index contributed by atoms with van der Waals surface area (Å²) in [6, 6.07) is 8.17. The number of hydrogen-bond donors (Lipinski definition) is 1. The zero-order valence-electron chi connectivity index (χ0n) is 18.5. The summed E-state index contributed by atoms with van der Waals surface area (Å²) in [5.74, 6) is 1.92. The summed E-state index contributed by atoms with van der Waals surface area (Å²) in [5.41, 5.74) is 2.44. The van der Waals surface area contributed by atoms with E-state index in [4.69, 9.17) is 9.47 Å². The zero-order chi connectivity index (χ0) is 21.6. The average molecular weight is 444 g/mol. The van der Waals surface area contributed by atoms with Gasteiger partial charge < -0.3 is 14.8 Å². The molecule has 7 heteroatoms. The Kier molecular flexibility index (Phi) is 7.48. The second-order valence-electron chi connectivity index (χ2n) is 8.73. The van der Waals surface area contributed by atoms with Gasteiger partial charge in [0.1, 0.15) is 0 Å². The van der Waals surface area contributed by atoms with Crippen molar-refractivity contribution >= 4 is 17.2 Å². The number of hydrogen-bond acceptors (Lipinski definition) is 6. The van der Waals surface area contributed by atoms with E-state index in [1.165, 1.54) is 5.56 Å². The number of carbonyl (C=O) groups is 1. The van der Waals surface area contributed by atoms with Crippen LogP contribution in [0, 0.1) is 5.92 Å². The predicted molar refractivity (Wildman–Crippen MR) is 124 cm³/mol. The Balaban J connectivity index is 1.31. The topological polar surface area (TPSA) is 54.0 Å². The molecule has 1 aromatic carbocycles. The Labute approximate surface area is 189 Å². The quantitative estimate of drug-likeness (QED) is 0.709. The van der Waals surface area contributed by atoms with Crippen molar-refractivity contribution in [3.63, 3.8) is 0 Å². The molecule has 3 heterocycles. The summed E-state index contributed by atoms with van der Waals surface area (Å²) < 4.78 is 11.6. The highest BCUT2D eigenvalue weighted by Gasteiger charge is 2.24. The van der Waals surface area contributed by atoms with Gasteiger partial charge in [-0.1, -0.05) is 19.9 Å². The molecule has 0 saturated carbocycles. The molecule has 2 aromatic rings. The van der Waals surface area contributed by atoms with Gasteiger partial charge in [0, 0.05) is 39.1 Å². The van der Waals surface area contributed by atoms with Crippen LogP contribution in [0.4, 0.5) is 0 Å². The van der Waals surface area contributed by atoms with Crippen LogP contribution in [-0.2, 0) is 11.3 Å². The van der Waals surface area contributed by atoms with E-state index in [0.717, 1.165) is 56.2 Å². The van der Waals surface area contributed by atoms with Crippen LogP contribution in [0.2, 0.25) is 0 Å². The van der Waals surface area contributed by atoms with E-state index in [2.05, 4.69) is 45.8 Å². The highest BCUT2D eigenvalue weighted by molar-refractivity contribution is 7.07. The number of rotatable bonds is 7. The SMILES string of the molecule is CC(C)C(NC(=O)CN1CCN(Cc2ccsc2)CC1)c1ccc2c(c1)OCCCO2. The maximum atomic E-state index is 12.9. The van der Waals surface area contributed by atoms with Crippen LogP contribution in [0.3, 0.4) is 0 Å². The van der Waals surface area contributed by atoms with Gasteiger partial charge in [0.2, 0.25) is 5.91 Å². The van der Waals surface area contributed by atoms with E-state index in [0.29, 0.717) is 19.8 Å². The molecule has 1 fully saturated rings. The minimum absolute atomic E-state index is 0.0514. The van der Waals surface area contributed by atoms with Gasteiger partial charge in [-0.2, -0.15) is 11.3 Å². The first-order valence-electron chi connectivity index (χ1n) is 11.2. The largest absolute Gasteiger partial charge is 0.490 e. The van der Waals surface area contributed by atoms with E-state index in [1.54, 1.807) is 11.3 Å². The van der Waals surface area contributed by atoms with Crippen LogP contribution in [0.15, 0.2) is 35.0 Å². The molecule has 0 spiro atoms. The maximum Gasteiger partial charge on any atom is 0.234 e. The van der Waals surface area contributed by atoms with Crippen molar-refractivity contribution in [2.75, 3.05) is 45.9 Å². The van der Waals surface area contributed by atoms with Crippen molar-refractivity contribution in [2.24, 2.45) is 5.92 Å². The standard InChI is InChI=1S/C24H33N3O3S/c1-18(2)24(20-4-5-21-22(14-20)30-12-3-11-29-21)25-23(28)16-27-9-7-26(8-10-27)15-19-6-13-31-17-19/h4-6,13-14,17-18,24H,3,7-12,15-16H2,1-2H3,(H,25,28). The van der Waals surface area contributed by atoms with Crippen LogP contribution in [-0.4, -0.2) is 61.6 Å². The fourth-order valence-electron chi connectivity index (χ4n) is 4.18. The molecule has 1 unspecified atom stereocenters. The van der Waals surface area contributed by atoms with Gasteiger partial charge in [-0.3, -0.25) is 14.6 Å². The Morgan fingerprint density at radius 2 is 1.81 bits per heavy atom. The third kappa shape index (κ3) is 5.99. The Morgan fingerprint density at radius 1 is 1.06 bits per heavy atom.